The zero-order valence-electron chi connectivity index (χ0n) is 15.6. The van der Waals surface area contributed by atoms with Gasteiger partial charge in [0.2, 0.25) is 11.9 Å². The van der Waals surface area contributed by atoms with Crippen LogP contribution >= 0.6 is 0 Å². The summed E-state index contributed by atoms with van der Waals surface area (Å²) < 4.78 is 12.2. The lowest BCUT2D eigenvalue weighted by Crippen LogP contribution is -2.14. The molecule has 1 aliphatic carbocycles. The number of anilines is 2. The number of hydrogen-bond acceptors (Lipinski definition) is 7. The van der Waals surface area contributed by atoms with Crippen LogP contribution in [0.5, 0.6) is 11.5 Å². The summed E-state index contributed by atoms with van der Waals surface area (Å²) in [4.78, 5) is 32.1. The summed E-state index contributed by atoms with van der Waals surface area (Å²) in [6.45, 7) is 0. The first-order valence-corrected chi connectivity index (χ1v) is 9.29. The number of oxazole rings is 1. The summed E-state index contributed by atoms with van der Waals surface area (Å²) in [6.07, 6.45) is 5.95. The second-order valence-electron chi connectivity index (χ2n) is 6.82. The zero-order valence-corrected chi connectivity index (χ0v) is 15.6. The quantitative estimate of drug-likeness (QED) is 0.506. The van der Waals surface area contributed by atoms with Crippen molar-refractivity contribution in [2.24, 2.45) is 5.92 Å². The molecule has 1 saturated carbocycles. The standard InChI is InChI=1S/C20H16N6O4/c27-18(12-4-5-12)24-20-23-17-7-6-15(9-26(17)25-20)30-14-3-1-2-13(8-14)22-19(28)16-10-29-11-21-16/h1-3,6-12H,4-5H2,(H,22,28)(H,24,25,27). The van der Waals surface area contributed by atoms with Gasteiger partial charge in [-0.2, -0.15) is 4.98 Å². The van der Waals surface area contributed by atoms with Gasteiger partial charge in [0.25, 0.3) is 5.91 Å². The molecule has 0 unspecified atom stereocenters. The number of amides is 2. The number of nitrogens with zero attached hydrogens (tertiary/aromatic N) is 4. The van der Waals surface area contributed by atoms with Crippen molar-refractivity contribution < 1.29 is 18.7 Å². The maximum Gasteiger partial charge on any atom is 0.277 e. The fourth-order valence-electron chi connectivity index (χ4n) is 2.83. The van der Waals surface area contributed by atoms with Crippen LogP contribution < -0.4 is 15.4 Å². The average Bonchev–Trinajstić information content (AvgIpc) is 3.29. The molecule has 1 fully saturated rings. The third-order valence-corrected chi connectivity index (χ3v) is 4.48. The molecular weight excluding hydrogens is 388 g/mol. The number of ether oxygens (including phenoxy) is 1. The molecule has 0 atom stereocenters. The van der Waals surface area contributed by atoms with E-state index in [0.717, 1.165) is 12.8 Å². The molecule has 1 aromatic carbocycles. The molecule has 10 heteroatoms. The first kappa shape index (κ1) is 17.9. The summed E-state index contributed by atoms with van der Waals surface area (Å²) in [7, 11) is 0. The molecule has 150 valence electrons. The molecule has 0 saturated heterocycles. The highest BCUT2D eigenvalue weighted by atomic mass is 16.5. The molecule has 0 bridgehead atoms. The predicted molar refractivity (Wildman–Crippen MR) is 105 cm³/mol. The molecule has 0 spiro atoms. The normalized spacial score (nSPS) is 13.2. The van der Waals surface area contributed by atoms with Crippen molar-refractivity contribution in [2.75, 3.05) is 10.6 Å². The van der Waals surface area contributed by atoms with Crippen LogP contribution in [0.3, 0.4) is 0 Å². The lowest BCUT2D eigenvalue weighted by molar-refractivity contribution is -0.117. The third-order valence-electron chi connectivity index (χ3n) is 4.48. The van der Waals surface area contributed by atoms with Gasteiger partial charge in [0.05, 0.1) is 6.20 Å². The van der Waals surface area contributed by atoms with Crippen LogP contribution in [0.1, 0.15) is 23.3 Å². The summed E-state index contributed by atoms with van der Waals surface area (Å²) in [5.41, 5.74) is 1.32. The lowest BCUT2D eigenvalue weighted by Gasteiger charge is -2.08. The average molecular weight is 404 g/mol. The molecule has 30 heavy (non-hydrogen) atoms. The summed E-state index contributed by atoms with van der Waals surface area (Å²) in [5, 5.41) is 9.72. The summed E-state index contributed by atoms with van der Waals surface area (Å²) in [6, 6.07) is 10.4. The Bertz CT molecular complexity index is 1230. The van der Waals surface area contributed by atoms with Gasteiger partial charge in [-0.15, -0.1) is 5.10 Å². The van der Waals surface area contributed by atoms with Crippen LogP contribution in [0.15, 0.2) is 59.7 Å². The fourth-order valence-corrected chi connectivity index (χ4v) is 2.83. The van der Waals surface area contributed by atoms with E-state index < -0.39 is 0 Å². The first-order valence-electron chi connectivity index (χ1n) is 9.29. The van der Waals surface area contributed by atoms with Gasteiger partial charge in [-0.3, -0.25) is 14.9 Å². The monoisotopic (exact) mass is 404 g/mol. The molecule has 0 aliphatic heterocycles. The number of carbonyl (C=O) groups is 2. The third kappa shape index (κ3) is 3.83. The van der Waals surface area contributed by atoms with Gasteiger partial charge in [-0.25, -0.2) is 9.50 Å². The Morgan fingerprint density at radius 3 is 2.83 bits per heavy atom. The van der Waals surface area contributed by atoms with Gasteiger partial charge in [0.15, 0.2) is 17.7 Å². The van der Waals surface area contributed by atoms with Gasteiger partial charge in [0.1, 0.15) is 17.8 Å². The van der Waals surface area contributed by atoms with Gasteiger partial charge in [-0.1, -0.05) is 6.07 Å². The van der Waals surface area contributed by atoms with E-state index in [1.165, 1.54) is 17.2 Å². The van der Waals surface area contributed by atoms with E-state index >= 15 is 0 Å². The maximum absolute atomic E-state index is 12.1. The van der Waals surface area contributed by atoms with E-state index in [4.69, 9.17) is 9.15 Å². The Hall–Kier alpha value is -4.21. The number of benzene rings is 1. The van der Waals surface area contributed by atoms with Gasteiger partial charge >= 0.3 is 0 Å². The first-order chi connectivity index (χ1) is 14.6. The number of fused-ring (bicyclic) bond motifs is 1. The van der Waals surface area contributed by atoms with E-state index in [1.807, 2.05) is 0 Å². The van der Waals surface area contributed by atoms with E-state index in [9.17, 15) is 9.59 Å². The Labute approximate surface area is 169 Å². The largest absolute Gasteiger partial charge is 0.456 e. The molecule has 5 rings (SSSR count). The highest BCUT2D eigenvalue weighted by Gasteiger charge is 2.30. The fraction of sp³-hybridized carbons (Fsp3) is 0.150. The number of pyridine rings is 1. The Kier molecular flexibility index (Phi) is 4.36. The van der Waals surface area contributed by atoms with Crippen LogP contribution in [0.25, 0.3) is 5.65 Å². The molecule has 4 aromatic rings. The van der Waals surface area contributed by atoms with Crippen LogP contribution in [0.2, 0.25) is 0 Å². The van der Waals surface area contributed by atoms with E-state index in [2.05, 4.69) is 25.7 Å². The SMILES string of the molecule is O=C(Nc1cccc(Oc2ccc3nc(NC(=O)C4CC4)nn3c2)c1)c1cocn1. The van der Waals surface area contributed by atoms with E-state index in [0.29, 0.717) is 22.8 Å². The Balaban J connectivity index is 1.30. The number of aromatic nitrogens is 4. The smallest absolute Gasteiger partial charge is 0.277 e. The van der Waals surface area contributed by atoms with Crippen LogP contribution in [-0.2, 0) is 4.79 Å². The minimum Gasteiger partial charge on any atom is -0.456 e. The van der Waals surface area contributed by atoms with Crippen molar-refractivity contribution in [3.8, 4) is 11.5 Å². The molecule has 3 heterocycles. The molecule has 1 aliphatic rings. The van der Waals surface area contributed by atoms with Gasteiger partial charge in [-0.05, 0) is 37.1 Å². The van der Waals surface area contributed by atoms with Crippen LogP contribution in [0.4, 0.5) is 11.6 Å². The van der Waals surface area contributed by atoms with Crippen molar-refractivity contribution in [2.45, 2.75) is 12.8 Å². The summed E-state index contributed by atoms with van der Waals surface area (Å²) >= 11 is 0. The highest BCUT2D eigenvalue weighted by Crippen LogP contribution is 2.30. The van der Waals surface area contributed by atoms with Crippen molar-refractivity contribution in [1.29, 1.82) is 0 Å². The molecular formula is C20H16N6O4. The zero-order chi connectivity index (χ0) is 20.5. The van der Waals surface area contributed by atoms with Gasteiger partial charge < -0.3 is 14.5 Å². The number of carbonyl (C=O) groups excluding carboxylic acids is 2. The van der Waals surface area contributed by atoms with E-state index in [1.54, 1.807) is 42.6 Å². The van der Waals surface area contributed by atoms with Crippen molar-refractivity contribution in [3.05, 3.63) is 60.9 Å². The number of hydrogen-bond donors (Lipinski definition) is 2. The maximum atomic E-state index is 12.1. The van der Waals surface area contributed by atoms with Crippen molar-refractivity contribution in [1.82, 2.24) is 19.6 Å². The van der Waals surface area contributed by atoms with Crippen LogP contribution in [-0.4, -0.2) is 31.4 Å². The Morgan fingerprint density at radius 2 is 2.03 bits per heavy atom. The molecule has 2 N–H and O–H groups in total. The highest BCUT2D eigenvalue weighted by molar-refractivity contribution is 6.02. The summed E-state index contributed by atoms with van der Waals surface area (Å²) in [5.74, 6) is 0.953. The second kappa shape index (κ2) is 7.32. The predicted octanol–water partition coefficient (Wildman–Crippen LogP) is 3.11. The van der Waals surface area contributed by atoms with Crippen molar-refractivity contribution in [3.63, 3.8) is 0 Å². The molecule has 10 nitrogen and oxygen atoms in total. The minimum atomic E-state index is -0.384. The van der Waals surface area contributed by atoms with E-state index in [-0.39, 0.29) is 29.4 Å². The molecule has 3 aromatic heterocycles. The minimum absolute atomic E-state index is 0.0492. The Morgan fingerprint density at radius 1 is 1.13 bits per heavy atom. The topological polar surface area (TPSA) is 124 Å². The number of rotatable bonds is 6. The van der Waals surface area contributed by atoms with Crippen LogP contribution in [0, 0.1) is 5.92 Å². The lowest BCUT2D eigenvalue weighted by atomic mass is 10.3. The van der Waals surface area contributed by atoms with Crippen molar-refractivity contribution >= 4 is 29.1 Å². The molecule has 0 radical (unpaired) electrons. The molecule has 2 amide bonds. The second-order valence-corrected chi connectivity index (χ2v) is 6.82. The number of nitrogens with one attached hydrogen (secondary N) is 2. The van der Waals surface area contributed by atoms with Gasteiger partial charge in [0, 0.05) is 17.7 Å².